The van der Waals surface area contributed by atoms with Crippen LogP contribution < -0.4 is 11.2 Å². The Morgan fingerprint density at radius 1 is 1.46 bits per heavy atom. The van der Waals surface area contributed by atoms with Crippen molar-refractivity contribution in [3.63, 3.8) is 0 Å². The zero-order valence-electron chi connectivity index (χ0n) is 6.43. The van der Waals surface area contributed by atoms with E-state index in [2.05, 4.69) is 4.98 Å². The van der Waals surface area contributed by atoms with Crippen LogP contribution in [-0.2, 0) is 0 Å². The number of alkyl halides is 3. The van der Waals surface area contributed by atoms with E-state index in [1.807, 2.05) is 0 Å². The Hall–Kier alpha value is -1.30. The van der Waals surface area contributed by atoms with E-state index < -0.39 is 23.2 Å². The summed E-state index contributed by atoms with van der Waals surface area (Å²) in [6.45, 7) is 0. The van der Waals surface area contributed by atoms with Crippen molar-refractivity contribution < 1.29 is 13.2 Å². The lowest BCUT2D eigenvalue weighted by Gasteiger charge is -2.14. The second-order valence-corrected chi connectivity index (χ2v) is 2.48. The molecule has 0 aromatic carbocycles. The molecular weight excluding hydrogens is 185 g/mol. The van der Waals surface area contributed by atoms with Crippen molar-refractivity contribution in [1.29, 1.82) is 0 Å². The van der Waals surface area contributed by atoms with Crippen LogP contribution in [0.15, 0.2) is 23.3 Å². The zero-order valence-corrected chi connectivity index (χ0v) is 6.43. The van der Waals surface area contributed by atoms with Gasteiger partial charge < -0.3 is 10.7 Å². The van der Waals surface area contributed by atoms with Gasteiger partial charge in [0.15, 0.2) is 5.43 Å². The van der Waals surface area contributed by atoms with Crippen LogP contribution in [0.3, 0.4) is 0 Å². The lowest BCUT2D eigenvalue weighted by atomic mass is 10.1. The summed E-state index contributed by atoms with van der Waals surface area (Å²) < 4.78 is 36.1. The fourth-order valence-electron chi connectivity index (χ4n) is 0.848. The van der Waals surface area contributed by atoms with Crippen LogP contribution in [0.1, 0.15) is 11.6 Å². The molecule has 0 aliphatic rings. The Balaban J connectivity index is 3.10. The van der Waals surface area contributed by atoms with Crippen molar-refractivity contribution in [3.05, 3.63) is 34.2 Å². The first-order valence-corrected chi connectivity index (χ1v) is 3.42. The normalized spacial score (nSPS) is 14.2. The highest BCUT2D eigenvalue weighted by atomic mass is 19.4. The molecule has 0 aliphatic heterocycles. The summed E-state index contributed by atoms with van der Waals surface area (Å²) in [5, 5.41) is 0. The summed E-state index contributed by atoms with van der Waals surface area (Å²) in [4.78, 5) is 13.3. The number of nitrogens with one attached hydrogen (secondary N) is 1. The third-order valence-electron chi connectivity index (χ3n) is 1.54. The molecule has 1 aromatic heterocycles. The molecule has 0 radical (unpaired) electrons. The summed E-state index contributed by atoms with van der Waals surface area (Å²) in [5.74, 6) is 0. The van der Waals surface area contributed by atoms with E-state index in [1.165, 1.54) is 6.20 Å². The number of hydrogen-bond acceptors (Lipinski definition) is 2. The molecule has 0 unspecified atom stereocenters. The van der Waals surface area contributed by atoms with Gasteiger partial charge in [-0.2, -0.15) is 13.2 Å². The molecule has 1 aromatic rings. The lowest BCUT2D eigenvalue weighted by molar-refractivity contribution is -0.149. The van der Waals surface area contributed by atoms with Gasteiger partial charge in [-0.15, -0.1) is 0 Å². The molecule has 6 heteroatoms. The summed E-state index contributed by atoms with van der Waals surface area (Å²) in [5.41, 5.74) is 3.63. The molecule has 1 rings (SSSR count). The fourth-order valence-corrected chi connectivity index (χ4v) is 0.848. The number of aromatic amines is 1. The number of halogens is 3. The Bertz CT molecular complexity index is 344. The average Bonchev–Trinajstić information content (AvgIpc) is 2.02. The largest absolute Gasteiger partial charge is 0.407 e. The standard InChI is InChI=1S/C7H7F3N2O/c8-7(9,10)6(11)4-3-12-2-1-5(4)13/h1-3,6H,11H2,(H,12,13)/t6-/m0/s1. The zero-order chi connectivity index (χ0) is 10.1. The first kappa shape index (κ1) is 9.79. The predicted octanol–water partition coefficient (Wildman–Crippen LogP) is 0.937. The summed E-state index contributed by atoms with van der Waals surface area (Å²) >= 11 is 0. The number of H-pyrrole nitrogens is 1. The van der Waals surface area contributed by atoms with Crippen molar-refractivity contribution in [2.75, 3.05) is 0 Å². The molecule has 1 atom stereocenters. The van der Waals surface area contributed by atoms with Gasteiger partial charge in [0.05, 0.1) is 0 Å². The van der Waals surface area contributed by atoms with E-state index in [-0.39, 0.29) is 0 Å². The second kappa shape index (κ2) is 3.21. The van der Waals surface area contributed by atoms with Crippen molar-refractivity contribution >= 4 is 0 Å². The molecule has 3 N–H and O–H groups in total. The van der Waals surface area contributed by atoms with Gasteiger partial charge in [-0.1, -0.05) is 0 Å². The monoisotopic (exact) mass is 192 g/mol. The maximum absolute atomic E-state index is 12.0. The van der Waals surface area contributed by atoms with E-state index >= 15 is 0 Å². The molecule has 0 spiro atoms. The van der Waals surface area contributed by atoms with E-state index in [0.29, 0.717) is 0 Å². The number of nitrogens with two attached hydrogens (primary N) is 1. The van der Waals surface area contributed by atoms with E-state index in [0.717, 1.165) is 12.3 Å². The van der Waals surface area contributed by atoms with Crippen LogP contribution in [0.4, 0.5) is 13.2 Å². The van der Waals surface area contributed by atoms with Crippen molar-refractivity contribution in [1.82, 2.24) is 4.98 Å². The van der Waals surface area contributed by atoms with Gasteiger partial charge in [0.1, 0.15) is 6.04 Å². The summed E-state index contributed by atoms with van der Waals surface area (Å²) in [6.07, 6.45) is -2.39. The first-order valence-electron chi connectivity index (χ1n) is 3.42. The number of aromatic nitrogens is 1. The van der Waals surface area contributed by atoms with Gasteiger partial charge >= 0.3 is 6.18 Å². The molecular formula is C7H7F3N2O. The van der Waals surface area contributed by atoms with Gasteiger partial charge in [-0.05, 0) is 0 Å². The minimum atomic E-state index is -4.59. The topological polar surface area (TPSA) is 58.9 Å². The third-order valence-corrected chi connectivity index (χ3v) is 1.54. The molecule has 0 saturated carbocycles. The maximum Gasteiger partial charge on any atom is 0.407 e. The summed E-state index contributed by atoms with van der Waals surface area (Å²) in [7, 11) is 0. The highest BCUT2D eigenvalue weighted by Crippen LogP contribution is 2.28. The molecule has 13 heavy (non-hydrogen) atoms. The quantitative estimate of drug-likeness (QED) is 0.695. The van der Waals surface area contributed by atoms with Crippen LogP contribution in [0.5, 0.6) is 0 Å². The molecule has 0 bridgehead atoms. The van der Waals surface area contributed by atoms with E-state index in [4.69, 9.17) is 5.73 Å². The molecule has 0 amide bonds. The smallest absolute Gasteiger partial charge is 0.367 e. The minimum absolute atomic E-state index is 0.477. The van der Waals surface area contributed by atoms with Crippen molar-refractivity contribution in [3.8, 4) is 0 Å². The molecule has 0 fully saturated rings. The number of hydrogen-bond donors (Lipinski definition) is 2. The fraction of sp³-hybridized carbons (Fsp3) is 0.286. The number of pyridine rings is 1. The van der Waals surface area contributed by atoms with Crippen molar-refractivity contribution in [2.45, 2.75) is 12.2 Å². The number of rotatable bonds is 1. The lowest BCUT2D eigenvalue weighted by Crippen LogP contribution is -2.32. The highest BCUT2D eigenvalue weighted by Gasteiger charge is 2.38. The molecule has 0 aliphatic carbocycles. The molecule has 72 valence electrons. The second-order valence-electron chi connectivity index (χ2n) is 2.48. The Morgan fingerprint density at radius 3 is 2.54 bits per heavy atom. The Labute approximate surface area is 71.4 Å². The first-order chi connectivity index (χ1) is 5.93. The van der Waals surface area contributed by atoms with Crippen LogP contribution in [0, 0.1) is 0 Å². The Morgan fingerprint density at radius 2 is 2.08 bits per heavy atom. The Kier molecular flexibility index (Phi) is 2.42. The molecule has 1 heterocycles. The van der Waals surface area contributed by atoms with Crippen LogP contribution in [0.25, 0.3) is 0 Å². The molecule has 3 nitrogen and oxygen atoms in total. The highest BCUT2D eigenvalue weighted by molar-refractivity contribution is 5.15. The summed E-state index contributed by atoms with van der Waals surface area (Å²) in [6, 6.07) is -1.22. The van der Waals surface area contributed by atoms with Gasteiger partial charge in [0.2, 0.25) is 0 Å². The van der Waals surface area contributed by atoms with Crippen LogP contribution >= 0.6 is 0 Å². The third kappa shape index (κ3) is 2.09. The van der Waals surface area contributed by atoms with Gasteiger partial charge in [-0.3, -0.25) is 4.79 Å². The average molecular weight is 192 g/mol. The van der Waals surface area contributed by atoms with Gasteiger partial charge in [0.25, 0.3) is 0 Å². The van der Waals surface area contributed by atoms with Crippen molar-refractivity contribution in [2.24, 2.45) is 5.73 Å². The van der Waals surface area contributed by atoms with E-state index in [1.54, 1.807) is 0 Å². The van der Waals surface area contributed by atoms with Crippen LogP contribution in [0.2, 0.25) is 0 Å². The van der Waals surface area contributed by atoms with Crippen LogP contribution in [-0.4, -0.2) is 11.2 Å². The minimum Gasteiger partial charge on any atom is -0.367 e. The van der Waals surface area contributed by atoms with Gasteiger partial charge in [-0.25, -0.2) is 0 Å². The maximum atomic E-state index is 12.0. The predicted molar refractivity (Wildman–Crippen MR) is 40.0 cm³/mol. The molecule has 0 saturated heterocycles. The van der Waals surface area contributed by atoms with E-state index in [9.17, 15) is 18.0 Å². The van der Waals surface area contributed by atoms with Gasteiger partial charge in [0, 0.05) is 24.0 Å². The SMILES string of the molecule is N[C@@H](c1c[nH]ccc1=O)C(F)(F)F.